The number of methoxy groups -OCH3 is 1. The number of nitrogens with zero attached hydrogens (tertiary/aromatic N) is 4. The van der Waals surface area contributed by atoms with E-state index >= 15 is 0 Å². The number of nitrogens with one attached hydrogen (secondary N) is 1. The van der Waals surface area contributed by atoms with Crippen LogP contribution in [0.3, 0.4) is 0 Å². The molecule has 1 aromatic carbocycles. The molecular formula is C23H25N5O3. The first-order valence-corrected chi connectivity index (χ1v) is 10.3. The number of aryl methyl sites for hydroxylation is 1. The van der Waals surface area contributed by atoms with Crippen LogP contribution in [0.25, 0.3) is 10.9 Å². The van der Waals surface area contributed by atoms with Gasteiger partial charge in [0.1, 0.15) is 5.75 Å². The first-order valence-electron chi connectivity index (χ1n) is 10.3. The molecule has 2 heterocycles. The Bertz CT molecular complexity index is 1190. The lowest BCUT2D eigenvalue weighted by Crippen LogP contribution is -2.39. The van der Waals surface area contributed by atoms with Gasteiger partial charge in [-0.15, -0.1) is 0 Å². The molecule has 0 spiro atoms. The third-order valence-corrected chi connectivity index (χ3v) is 6.16. The van der Waals surface area contributed by atoms with Crippen LogP contribution in [0.5, 0.6) is 5.75 Å². The zero-order valence-electron chi connectivity index (χ0n) is 17.9. The fourth-order valence-corrected chi connectivity index (χ4v) is 4.10. The molecule has 0 bridgehead atoms. The summed E-state index contributed by atoms with van der Waals surface area (Å²) in [6.07, 6.45) is 5.46. The summed E-state index contributed by atoms with van der Waals surface area (Å²) in [5.74, 6) is -0.0382. The second-order valence-corrected chi connectivity index (χ2v) is 8.42. The zero-order valence-corrected chi connectivity index (χ0v) is 17.9. The Hall–Kier alpha value is -3.60. The van der Waals surface area contributed by atoms with Gasteiger partial charge < -0.3 is 15.3 Å². The molecule has 1 N–H and O–H groups in total. The maximum absolute atomic E-state index is 12.7. The number of ether oxygens (including phenoxy) is 1. The SMILES string of the molecule is COc1cc2nn(C3CCC(C)(C#N)CC3)cc2cc1NC(=O)c1cccc(C)[n+]1[O-]. The Labute approximate surface area is 180 Å². The number of aromatic nitrogens is 3. The number of carbonyl (C=O) groups excluding carboxylic acids is 1. The highest BCUT2D eigenvalue weighted by Gasteiger charge is 2.32. The first kappa shape index (κ1) is 20.7. The minimum absolute atomic E-state index is 0.0144. The molecule has 1 aliphatic rings. The molecule has 8 nitrogen and oxygen atoms in total. The van der Waals surface area contributed by atoms with Crippen LogP contribution in [-0.4, -0.2) is 22.8 Å². The number of nitriles is 1. The van der Waals surface area contributed by atoms with Crippen molar-refractivity contribution in [2.24, 2.45) is 5.41 Å². The molecule has 1 amide bonds. The van der Waals surface area contributed by atoms with E-state index in [1.165, 1.54) is 13.2 Å². The van der Waals surface area contributed by atoms with Gasteiger partial charge in [-0.2, -0.15) is 15.1 Å². The van der Waals surface area contributed by atoms with Gasteiger partial charge in [-0.05, 0) is 44.7 Å². The summed E-state index contributed by atoms with van der Waals surface area (Å²) < 4.78 is 8.02. The van der Waals surface area contributed by atoms with E-state index in [9.17, 15) is 15.3 Å². The van der Waals surface area contributed by atoms with Crippen molar-refractivity contribution >= 4 is 22.5 Å². The normalized spacial score (nSPS) is 20.9. The third-order valence-electron chi connectivity index (χ3n) is 6.16. The predicted octanol–water partition coefficient (Wildman–Crippen LogP) is 3.88. The number of rotatable bonds is 4. The summed E-state index contributed by atoms with van der Waals surface area (Å²) in [6.45, 7) is 3.66. The highest BCUT2D eigenvalue weighted by molar-refractivity contribution is 6.04. The van der Waals surface area contributed by atoms with Gasteiger partial charge in [0.15, 0.2) is 5.69 Å². The number of anilines is 1. The average molecular weight is 419 g/mol. The molecule has 2 aromatic heterocycles. The van der Waals surface area contributed by atoms with Crippen molar-refractivity contribution in [2.75, 3.05) is 12.4 Å². The number of carbonyl (C=O) groups is 1. The van der Waals surface area contributed by atoms with Crippen LogP contribution < -0.4 is 14.8 Å². The van der Waals surface area contributed by atoms with Gasteiger partial charge in [-0.3, -0.25) is 9.48 Å². The molecule has 31 heavy (non-hydrogen) atoms. The molecule has 0 atom stereocenters. The van der Waals surface area contributed by atoms with E-state index in [2.05, 4.69) is 11.4 Å². The smallest absolute Gasteiger partial charge is 0.321 e. The van der Waals surface area contributed by atoms with Crippen molar-refractivity contribution in [1.82, 2.24) is 9.78 Å². The Morgan fingerprint density at radius 3 is 2.81 bits per heavy atom. The monoisotopic (exact) mass is 419 g/mol. The van der Waals surface area contributed by atoms with Gasteiger partial charge >= 0.3 is 5.91 Å². The highest BCUT2D eigenvalue weighted by Crippen LogP contribution is 2.40. The van der Waals surface area contributed by atoms with Crippen LogP contribution in [0.2, 0.25) is 0 Å². The molecule has 1 aliphatic carbocycles. The Balaban J connectivity index is 1.61. The van der Waals surface area contributed by atoms with Gasteiger partial charge in [0.2, 0.25) is 0 Å². The molecule has 0 saturated heterocycles. The summed E-state index contributed by atoms with van der Waals surface area (Å²) in [5, 5.41) is 29.9. The molecule has 3 aromatic rings. The molecule has 1 saturated carbocycles. The number of hydrogen-bond acceptors (Lipinski definition) is 5. The summed E-state index contributed by atoms with van der Waals surface area (Å²) in [4.78, 5) is 12.7. The fraction of sp³-hybridized carbons (Fsp3) is 0.391. The van der Waals surface area contributed by atoms with Crippen molar-refractivity contribution in [3.63, 3.8) is 0 Å². The number of pyridine rings is 1. The lowest BCUT2D eigenvalue weighted by atomic mass is 9.75. The van der Waals surface area contributed by atoms with Crippen LogP contribution in [0.4, 0.5) is 5.69 Å². The molecule has 8 heteroatoms. The van der Waals surface area contributed by atoms with E-state index in [1.807, 2.05) is 23.9 Å². The summed E-state index contributed by atoms with van der Waals surface area (Å²) in [6, 6.07) is 11.1. The molecule has 1 fully saturated rings. The minimum atomic E-state index is -0.508. The van der Waals surface area contributed by atoms with Gasteiger partial charge in [0.05, 0.1) is 35.8 Å². The Kier molecular flexibility index (Phi) is 5.27. The van der Waals surface area contributed by atoms with Crippen LogP contribution in [0.15, 0.2) is 36.5 Å². The molecule has 0 unspecified atom stereocenters. The van der Waals surface area contributed by atoms with E-state index in [1.54, 1.807) is 25.1 Å². The van der Waals surface area contributed by atoms with Crippen molar-refractivity contribution in [2.45, 2.75) is 45.6 Å². The average Bonchev–Trinajstić information content (AvgIpc) is 3.18. The lowest BCUT2D eigenvalue weighted by Gasteiger charge is -2.31. The van der Waals surface area contributed by atoms with Crippen molar-refractivity contribution in [3.05, 3.63) is 53.1 Å². The maximum Gasteiger partial charge on any atom is 0.321 e. The Morgan fingerprint density at radius 2 is 2.13 bits per heavy atom. The van der Waals surface area contributed by atoms with Crippen molar-refractivity contribution < 1.29 is 14.3 Å². The standard InChI is InChI=1S/C23H25N5O3/c1-15-5-4-6-20(28(15)30)22(29)25-19-11-16-13-27(26-18(16)12-21(19)31-3)17-7-9-23(2,14-24)10-8-17/h4-6,11-13,17H,7-10H2,1-3H3,(H,25,29). The molecule has 0 radical (unpaired) electrons. The molecule has 4 rings (SSSR count). The largest absolute Gasteiger partial charge is 0.618 e. The number of benzene rings is 1. The second-order valence-electron chi connectivity index (χ2n) is 8.42. The maximum atomic E-state index is 12.7. The van der Waals surface area contributed by atoms with Crippen molar-refractivity contribution in [3.8, 4) is 11.8 Å². The topological polar surface area (TPSA) is 107 Å². The highest BCUT2D eigenvalue weighted by atomic mass is 16.5. The lowest BCUT2D eigenvalue weighted by molar-refractivity contribution is -0.614. The second kappa shape index (κ2) is 7.91. The van der Waals surface area contributed by atoms with Gasteiger partial charge in [-0.1, -0.05) is 0 Å². The summed E-state index contributed by atoms with van der Waals surface area (Å²) >= 11 is 0. The minimum Gasteiger partial charge on any atom is -0.618 e. The van der Waals surface area contributed by atoms with Gasteiger partial charge in [0.25, 0.3) is 5.69 Å². The summed E-state index contributed by atoms with van der Waals surface area (Å²) in [7, 11) is 1.53. The van der Waals surface area contributed by atoms with E-state index in [0.29, 0.717) is 21.9 Å². The zero-order chi connectivity index (χ0) is 22.2. The van der Waals surface area contributed by atoms with Gasteiger partial charge in [0, 0.05) is 36.7 Å². The predicted molar refractivity (Wildman–Crippen MR) is 116 cm³/mol. The fourth-order valence-electron chi connectivity index (χ4n) is 4.10. The Morgan fingerprint density at radius 1 is 1.39 bits per heavy atom. The van der Waals surface area contributed by atoms with Crippen LogP contribution in [-0.2, 0) is 0 Å². The van der Waals surface area contributed by atoms with Crippen LogP contribution >= 0.6 is 0 Å². The number of hydrogen-bond donors (Lipinski definition) is 1. The first-order chi connectivity index (χ1) is 14.8. The van der Waals surface area contributed by atoms with Crippen LogP contribution in [0.1, 0.15) is 54.8 Å². The van der Waals surface area contributed by atoms with Crippen LogP contribution in [0, 0.1) is 28.9 Å². The number of fused-ring (bicyclic) bond motifs is 1. The van der Waals surface area contributed by atoms with E-state index in [4.69, 9.17) is 9.84 Å². The summed E-state index contributed by atoms with van der Waals surface area (Å²) in [5.41, 5.74) is 1.44. The van der Waals surface area contributed by atoms with E-state index in [-0.39, 0.29) is 17.2 Å². The molecular weight excluding hydrogens is 394 g/mol. The van der Waals surface area contributed by atoms with E-state index in [0.717, 1.165) is 36.6 Å². The van der Waals surface area contributed by atoms with Crippen molar-refractivity contribution in [1.29, 1.82) is 5.26 Å². The molecule has 160 valence electrons. The van der Waals surface area contributed by atoms with Gasteiger partial charge in [-0.25, -0.2) is 0 Å². The number of amides is 1. The van der Waals surface area contributed by atoms with E-state index < -0.39 is 5.91 Å². The quantitative estimate of drug-likeness (QED) is 0.510. The third kappa shape index (κ3) is 3.91. The molecule has 0 aliphatic heterocycles.